The first-order valence-corrected chi connectivity index (χ1v) is 5.20. The molecule has 1 aromatic rings. The highest BCUT2D eigenvalue weighted by molar-refractivity contribution is 5.19. The molecule has 1 N–H and O–H groups in total. The predicted octanol–water partition coefficient (Wildman–Crippen LogP) is 1.47. The molecule has 15 heavy (non-hydrogen) atoms. The van der Waals surface area contributed by atoms with Gasteiger partial charge in [0.2, 0.25) is 0 Å². The van der Waals surface area contributed by atoms with Crippen LogP contribution >= 0.6 is 0 Å². The minimum atomic E-state index is -0.931. The molecule has 0 amide bonds. The van der Waals surface area contributed by atoms with Crippen LogP contribution in [-0.2, 0) is 0 Å². The summed E-state index contributed by atoms with van der Waals surface area (Å²) in [5, 5.41) is 2.99. The highest BCUT2D eigenvalue weighted by atomic mass is 19.1. The van der Waals surface area contributed by atoms with Gasteiger partial charge in [-0.1, -0.05) is 0 Å². The van der Waals surface area contributed by atoms with E-state index >= 15 is 0 Å². The summed E-state index contributed by atoms with van der Waals surface area (Å²) >= 11 is 0. The average Bonchev–Trinajstić information content (AvgIpc) is 2.25. The fraction of sp³-hybridized carbons (Fsp3) is 0.545. The molecule has 4 heteroatoms. The van der Waals surface area contributed by atoms with Gasteiger partial charge in [0.1, 0.15) is 18.0 Å². The summed E-state index contributed by atoms with van der Waals surface area (Å²) in [6.07, 6.45) is 1.08. The number of hydrogen-bond acceptors (Lipinski definition) is 3. The molecule has 3 nitrogen and oxygen atoms in total. The van der Waals surface area contributed by atoms with Crippen LogP contribution in [0.5, 0.6) is 5.75 Å². The van der Waals surface area contributed by atoms with E-state index in [1.54, 1.807) is 6.20 Å². The molecule has 1 saturated heterocycles. The molecule has 2 rings (SSSR count). The second-order valence-corrected chi connectivity index (χ2v) is 3.80. The van der Waals surface area contributed by atoms with Gasteiger partial charge >= 0.3 is 0 Å². The van der Waals surface area contributed by atoms with Crippen LogP contribution in [0.3, 0.4) is 0 Å². The number of piperidine rings is 1. The Balaban J connectivity index is 1.98. The fourth-order valence-electron chi connectivity index (χ4n) is 1.63. The molecule has 2 unspecified atom stereocenters. The smallest absolute Gasteiger partial charge is 0.149 e. The molecule has 0 aliphatic carbocycles. The molecule has 2 heterocycles. The molecular formula is C11H15FN2O. The van der Waals surface area contributed by atoms with Crippen molar-refractivity contribution in [3.05, 3.63) is 24.0 Å². The highest BCUT2D eigenvalue weighted by Gasteiger charge is 2.26. The number of ether oxygens (including phenoxy) is 1. The number of aromatic nitrogens is 1. The van der Waals surface area contributed by atoms with Crippen molar-refractivity contribution in [2.24, 2.45) is 0 Å². The molecule has 0 spiro atoms. The Morgan fingerprint density at radius 3 is 3.07 bits per heavy atom. The van der Waals surface area contributed by atoms with Crippen LogP contribution in [0, 0.1) is 6.92 Å². The lowest BCUT2D eigenvalue weighted by molar-refractivity contribution is 0.0728. The second-order valence-electron chi connectivity index (χ2n) is 3.80. The zero-order valence-electron chi connectivity index (χ0n) is 8.74. The van der Waals surface area contributed by atoms with Crippen LogP contribution in [0.2, 0.25) is 0 Å². The van der Waals surface area contributed by atoms with Gasteiger partial charge in [0.05, 0.1) is 6.20 Å². The zero-order chi connectivity index (χ0) is 10.7. The summed E-state index contributed by atoms with van der Waals surface area (Å²) in [5.41, 5.74) is 0.935. The van der Waals surface area contributed by atoms with Crippen molar-refractivity contribution >= 4 is 0 Å². The van der Waals surface area contributed by atoms with Crippen molar-refractivity contribution in [1.82, 2.24) is 10.3 Å². The summed E-state index contributed by atoms with van der Waals surface area (Å²) in [5.74, 6) is 0.648. The maximum atomic E-state index is 13.4. The molecule has 1 aliphatic heterocycles. The van der Waals surface area contributed by atoms with Crippen molar-refractivity contribution in [3.8, 4) is 5.75 Å². The van der Waals surface area contributed by atoms with Crippen molar-refractivity contribution < 1.29 is 9.13 Å². The molecule has 0 bridgehead atoms. The molecule has 1 fully saturated rings. The van der Waals surface area contributed by atoms with Gasteiger partial charge in [0.15, 0.2) is 0 Å². The van der Waals surface area contributed by atoms with E-state index < -0.39 is 6.17 Å². The van der Waals surface area contributed by atoms with Gasteiger partial charge in [-0.2, -0.15) is 0 Å². The minimum Gasteiger partial charge on any atom is -0.486 e. The lowest BCUT2D eigenvalue weighted by Gasteiger charge is -2.27. The summed E-state index contributed by atoms with van der Waals surface area (Å²) < 4.78 is 19.0. The van der Waals surface area contributed by atoms with E-state index in [0.717, 1.165) is 12.2 Å². The fourth-order valence-corrected chi connectivity index (χ4v) is 1.63. The van der Waals surface area contributed by atoms with Crippen LogP contribution in [-0.4, -0.2) is 30.3 Å². The number of hydrogen-bond donors (Lipinski definition) is 1. The molecule has 0 aromatic carbocycles. The van der Waals surface area contributed by atoms with Gasteiger partial charge < -0.3 is 10.1 Å². The standard InChI is InChI=1S/C11H15FN2O/c1-8-2-3-9(6-14-8)15-11-4-5-13-7-10(11)12/h2-3,6,10-11,13H,4-5,7H2,1H3. The molecule has 1 aliphatic rings. The number of nitrogens with one attached hydrogen (secondary N) is 1. The van der Waals surface area contributed by atoms with Crippen molar-refractivity contribution in [3.63, 3.8) is 0 Å². The first-order valence-electron chi connectivity index (χ1n) is 5.20. The third kappa shape index (κ3) is 2.65. The van der Waals surface area contributed by atoms with Crippen LogP contribution in [0.1, 0.15) is 12.1 Å². The van der Waals surface area contributed by atoms with E-state index in [2.05, 4.69) is 10.3 Å². The third-order valence-corrected chi connectivity index (χ3v) is 2.52. The van der Waals surface area contributed by atoms with E-state index in [1.165, 1.54) is 0 Å². The average molecular weight is 210 g/mol. The molecular weight excluding hydrogens is 195 g/mol. The third-order valence-electron chi connectivity index (χ3n) is 2.52. The Kier molecular flexibility index (Phi) is 3.16. The Morgan fingerprint density at radius 1 is 1.53 bits per heavy atom. The van der Waals surface area contributed by atoms with Gasteiger partial charge in [0, 0.05) is 12.2 Å². The van der Waals surface area contributed by atoms with Crippen LogP contribution < -0.4 is 10.1 Å². The summed E-state index contributed by atoms with van der Waals surface area (Å²) in [6.45, 7) is 3.10. The molecule has 2 atom stereocenters. The highest BCUT2D eigenvalue weighted by Crippen LogP contribution is 2.17. The van der Waals surface area contributed by atoms with E-state index in [1.807, 2.05) is 19.1 Å². The van der Waals surface area contributed by atoms with E-state index in [4.69, 9.17) is 4.74 Å². The lowest BCUT2D eigenvalue weighted by atomic mass is 10.1. The van der Waals surface area contributed by atoms with Crippen LogP contribution in [0.4, 0.5) is 4.39 Å². The quantitative estimate of drug-likeness (QED) is 0.802. The zero-order valence-corrected chi connectivity index (χ0v) is 8.74. The number of halogens is 1. The topological polar surface area (TPSA) is 34.1 Å². The lowest BCUT2D eigenvalue weighted by Crippen LogP contribution is -2.44. The van der Waals surface area contributed by atoms with Crippen LogP contribution in [0.15, 0.2) is 18.3 Å². The SMILES string of the molecule is Cc1ccc(OC2CCNCC2F)cn1. The van der Waals surface area contributed by atoms with Crippen molar-refractivity contribution in [2.75, 3.05) is 13.1 Å². The Labute approximate surface area is 88.7 Å². The normalized spacial score (nSPS) is 26.3. The van der Waals surface area contributed by atoms with Crippen LogP contribution in [0.25, 0.3) is 0 Å². The predicted molar refractivity (Wildman–Crippen MR) is 55.8 cm³/mol. The van der Waals surface area contributed by atoms with E-state index in [-0.39, 0.29) is 6.10 Å². The second kappa shape index (κ2) is 4.57. The molecule has 1 aromatic heterocycles. The Hall–Kier alpha value is -1.16. The van der Waals surface area contributed by atoms with Crippen molar-refractivity contribution in [2.45, 2.75) is 25.6 Å². The van der Waals surface area contributed by atoms with Gasteiger partial charge in [-0.15, -0.1) is 0 Å². The molecule has 0 saturated carbocycles. The first kappa shape index (κ1) is 10.4. The summed E-state index contributed by atoms with van der Waals surface area (Å²) in [4.78, 5) is 4.11. The van der Waals surface area contributed by atoms with E-state index in [9.17, 15) is 4.39 Å². The number of alkyl halides is 1. The Morgan fingerprint density at radius 2 is 2.40 bits per heavy atom. The number of rotatable bonds is 2. The maximum Gasteiger partial charge on any atom is 0.149 e. The maximum absolute atomic E-state index is 13.4. The monoisotopic (exact) mass is 210 g/mol. The van der Waals surface area contributed by atoms with Gasteiger partial charge in [-0.3, -0.25) is 4.98 Å². The molecule has 0 radical (unpaired) electrons. The largest absolute Gasteiger partial charge is 0.486 e. The van der Waals surface area contributed by atoms with Gasteiger partial charge in [0.25, 0.3) is 0 Å². The Bertz CT molecular complexity index is 315. The van der Waals surface area contributed by atoms with E-state index in [0.29, 0.717) is 18.7 Å². The molecule has 82 valence electrons. The first-order chi connectivity index (χ1) is 7.25. The van der Waals surface area contributed by atoms with Gasteiger partial charge in [-0.25, -0.2) is 4.39 Å². The number of pyridine rings is 1. The number of nitrogens with zero attached hydrogens (tertiary/aromatic N) is 1. The van der Waals surface area contributed by atoms with Crippen molar-refractivity contribution in [1.29, 1.82) is 0 Å². The minimum absolute atomic E-state index is 0.337. The summed E-state index contributed by atoms with van der Waals surface area (Å²) in [6, 6.07) is 3.70. The number of aryl methyl sites for hydroxylation is 1. The van der Waals surface area contributed by atoms with Gasteiger partial charge in [-0.05, 0) is 32.0 Å². The summed E-state index contributed by atoms with van der Waals surface area (Å²) in [7, 11) is 0.